The topological polar surface area (TPSA) is 180 Å². The first-order chi connectivity index (χ1) is 30.1. The molecule has 4 atom stereocenters. The number of thiophene rings is 2. The lowest BCUT2D eigenvalue weighted by Crippen LogP contribution is -2.53. The van der Waals surface area contributed by atoms with Gasteiger partial charge >= 0.3 is 12.2 Å². The molecule has 15 nitrogen and oxygen atoms in total. The number of alkyl carbamates (subject to hydrolysis) is 2. The van der Waals surface area contributed by atoms with E-state index >= 15 is 0 Å². The molecule has 17 heteroatoms. The third kappa shape index (κ3) is 8.08. The molecule has 4 fully saturated rings. The Kier molecular flexibility index (Phi) is 12.3. The summed E-state index contributed by atoms with van der Waals surface area (Å²) < 4.78 is 23.4. The molecule has 0 spiro atoms. The van der Waals surface area contributed by atoms with Gasteiger partial charge in [0.2, 0.25) is 11.8 Å². The molecule has 0 bridgehead atoms. The van der Waals surface area contributed by atoms with Crippen LogP contribution in [0.1, 0.15) is 86.1 Å². The maximum Gasteiger partial charge on any atom is 0.407 e. The van der Waals surface area contributed by atoms with Crippen LogP contribution in [-0.4, -0.2) is 115 Å². The number of nitrogens with one attached hydrogen (secondary N) is 4. The Morgan fingerprint density at radius 3 is 1.82 bits per heavy atom. The SMILES string of the molecule is COC(=O)N[C@H](C(=O)N1CCC[C@H]1c1cc(-c2cc3c(C)c4sc(-c5cnc([C@@H]6CCCN6C(=O)[C@@H](NC(=O)OC)C6CCOCC6)[nH]5)cc4c(C)c3s2)c[nH]1)C1CCOCC1. The van der Waals surface area contributed by atoms with Crippen LogP contribution in [-0.2, 0) is 28.5 Å². The highest BCUT2D eigenvalue weighted by atomic mass is 32.1. The number of ether oxygens (including phenoxy) is 4. The van der Waals surface area contributed by atoms with E-state index in [0.717, 1.165) is 58.2 Å². The van der Waals surface area contributed by atoms with Crippen LogP contribution in [0, 0.1) is 25.7 Å². The molecule has 62 heavy (non-hydrogen) atoms. The van der Waals surface area contributed by atoms with Crippen LogP contribution in [0.15, 0.2) is 30.6 Å². The summed E-state index contributed by atoms with van der Waals surface area (Å²) in [4.78, 5) is 70.9. The van der Waals surface area contributed by atoms with Gasteiger partial charge in [0, 0.05) is 71.2 Å². The van der Waals surface area contributed by atoms with Gasteiger partial charge in [0.25, 0.3) is 0 Å². The number of aromatic nitrogens is 3. The molecule has 0 unspecified atom stereocenters. The molecule has 4 aliphatic heterocycles. The fourth-order valence-electron chi connectivity index (χ4n) is 10.1. The Morgan fingerprint density at radius 2 is 1.26 bits per heavy atom. The lowest BCUT2D eigenvalue weighted by atomic mass is 9.90. The zero-order valence-corrected chi connectivity index (χ0v) is 37.3. The van der Waals surface area contributed by atoms with Crippen LogP contribution < -0.4 is 10.6 Å². The fourth-order valence-corrected chi connectivity index (χ4v) is 12.5. The predicted molar refractivity (Wildman–Crippen MR) is 237 cm³/mol. The monoisotopic (exact) mass is 885 g/mol. The van der Waals surface area contributed by atoms with Crippen molar-refractivity contribution in [1.29, 1.82) is 0 Å². The Morgan fingerprint density at radius 1 is 0.742 bits per heavy atom. The summed E-state index contributed by atoms with van der Waals surface area (Å²) in [5.41, 5.74) is 5.44. The molecule has 0 radical (unpaired) electrons. The number of methoxy groups -OCH3 is 2. The number of aryl methyl sites for hydroxylation is 2. The van der Waals surface area contributed by atoms with Crippen molar-refractivity contribution in [3.05, 3.63) is 53.2 Å². The zero-order chi connectivity index (χ0) is 43.1. The molecule has 8 heterocycles. The van der Waals surface area contributed by atoms with E-state index in [9.17, 15) is 19.2 Å². The van der Waals surface area contributed by atoms with E-state index < -0.39 is 24.3 Å². The molecule has 4 aromatic heterocycles. The highest BCUT2D eigenvalue weighted by Crippen LogP contribution is 2.46. The maximum absolute atomic E-state index is 14.1. The number of rotatable bonds is 10. The lowest BCUT2D eigenvalue weighted by molar-refractivity contribution is -0.137. The van der Waals surface area contributed by atoms with E-state index in [-0.39, 0.29) is 35.7 Å². The van der Waals surface area contributed by atoms with E-state index in [2.05, 4.69) is 52.6 Å². The van der Waals surface area contributed by atoms with Crippen molar-refractivity contribution in [3.63, 3.8) is 0 Å². The highest BCUT2D eigenvalue weighted by Gasteiger charge is 2.41. The van der Waals surface area contributed by atoms with E-state index in [4.69, 9.17) is 23.9 Å². The Hall–Kier alpha value is -4.97. The number of likely N-dealkylation sites (tertiary alicyclic amines) is 2. The number of amides is 4. The molecule has 4 amide bonds. The number of carbonyl (C=O) groups is 4. The van der Waals surface area contributed by atoms with Gasteiger partial charge in [0.1, 0.15) is 17.9 Å². The van der Waals surface area contributed by atoms with Crippen molar-refractivity contribution in [1.82, 2.24) is 35.4 Å². The molecule has 0 saturated carbocycles. The number of aromatic amines is 2. The first kappa shape index (κ1) is 42.3. The summed E-state index contributed by atoms with van der Waals surface area (Å²) in [5.74, 6) is 0.535. The second-order valence-corrected chi connectivity index (χ2v) is 19.1. The number of fused-ring (bicyclic) bond motifs is 2. The first-order valence-electron chi connectivity index (χ1n) is 21.8. The van der Waals surface area contributed by atoms with Gasteiger partial charge in [-0.1, -0.05) is 0 Å². The quantitative estimate of drug-likeness (QED) is 0.109. The van der Waals surface area contributed by atoms with Crippen LogP contribution in [0.5, 0.6) is 0 Å². The summed E-state index contributed by atoms with van der Waals surface area (Å²) in [6, 6.07) is 5.04. The molecule has 1 aromatic carbocycles. The van der Waals surface area contributed by atoms with Gasteiger partial charge in [-0.05, 0) is 117 Å². The number of carbonyl (C=O) groups excluding carboxylic acids is 4. The van der Waals surface area contributed by atoms with Gasteiger partial charge in [-0.15, -0.1) is 22.7 Å². The average Bonchev–Trinajstić information content (AvgIpc) is 4.15. The van der Waals surface area contributed by atoms with Gasteiger partial charge in [-0.3, -0.25) is 9.59 Å². The number of benzene rings is 1. The molecule has 330 valence electrons. The van der Waals surface area contributed by atoms with E-state index in [1.54, 1.807) is 22.7 Å². The van der Waals surface area contributed by atoms with Crippen LogP contribution in [0.4, 0.5) is 9.59 Å². The minimum absolute atomic E-state index is 0.0108. The Labute approximate surface area is 368 Å². The van der Waals surface area contributed by atoms with E-state index in [1.165, 1.54) is 45.5 Å². The van der Waals surface area contributed by atoms with Crippen molar-refractivity contribution in [2.24, 2.45) is 11.8 Å². The predicted octanol–water partition coefficient (Wildman–Crippen LogP) is 7.75. The fraction of sp³-hybridized carbons (Fsp3) is 0.533. The zero-order valence-electron chi connectivity index (χ0n) is 35.7. The molecule has 9 rings (SSSR count). The number of imidazole rings is 1. The van der Waals surface area contributed by atoms with Crippen LogP contribution >= 0.6 is 22.7 Å². The summed E-state index contributed by atoms with van der Waals surface area (Å²) in [6.07, 6.45) is 8.88. The van der Waals surface area contributed by atoms with Gasteiger partial charge in [0.15, 0.2) is 0 Å². The number of H-pyrrole nitrogens is 2. The molecule has 4 N–H and O–H groups in total. The second-order valence-electron chi connectivity index (χ2n) is 17.0. The van der Waals surface area contributed by atoms with Gasteiger partial charge in [-0.2, -0.15) is 0 Å². The number of nitrogens with zero attached hydrogens (tertiary/aromatic N) is 3. The highest BCUT2D eigenvalue weighted by molar-refractivity contribution is 7.24. The van der Waals surface area contributed by atoms with E-state index in [0.29, 0.717) is 65.2 Å². The maximum atomic E-state index is 14.1. The van der Waals surface area contributed by atoms with Crippen molar-refractivity contribution >= 4 is 66.8 Å². The minimum atomic E-state index is -0.685. The Bertz CT molecular complexity index is 2240. The third-order valence-electron chi connectivity index (χ3n) is 13.5. The largest absolute Gasteiger partial charge is 0.453 e. The Balaban J connectivity index is 0.937. The van der Waals surface area contributed by atoms with Crippen molar-refractivity contribution in [3.8, 4) is 21.0 Å². The summed E-state index contributed by atoms with van der Waals surface area (Å²) in [5, 5.41) is 8.12. The molecular formula is C45H55N7O8S2. The third-order valence-corrected chi connectivity index (χ3v) is 16.1. The number of hydrogen-bond acceptors (Lipinski definition) is 11. The number of hydrogen-bond donors (Lipinski definition) is 4. The van der Waals surface area contributed by atoms with Gasteiger partial charge < -0.3 is 49.3 Å². The molecule has 4 saturated heterocycles. The molecule has 0 aliphatic carbocycles. The van der Waals surface area contributed by atoms with Crippen molar-refractivity contribution in [2.75, 3.05) is 53.7 Å². The average molecular weight is 886 g/mol. The van der Waals surface area contributed by atoms with Crippen molar-refractivity contribution in [2.45, 2.75) is 89.4 Å². The summed E-state index contributed by atoms with van der Waals surface area (Å²) in [6.45, 7) is 7.88. The summed E-state index contributed by atoms with van der Waals surface area (Å²) >= 11 is 3.52. The molecular weight excluding hydrogens is 831 g/mol. The molecule has 4 aliphatic rings. The van der Waals surface area contributed by atoms with Crippen LogP contribution in [0.3, 0.4) is 0 Å². The standard InChI is InChI=1S/C45H55N7O8S2/c1-24-29-20-35(28-19-31(46-22-28)33-7-5-13-51(33)42(53)37(49-44(55)57-3)26-9-15-59-16-10-26)61-39(29)25(2)30-21-36(62-40(24)30)32-23-47-41(48-32)34-8-6-14-52(34)43(54)38(50-45(56)58-4)27-11-17-60-18-12-27/h19-23,26-27,33-34,37-38,46H,5-18H2,1-4H3,(H,47,48)(H,49,55)(H,50,56)/t33-,34-,37-,38-/m0/s1. The van der Waals surface area contributed by atoms with Crippen molar-refractivity contribution < 1.29 is 38.1 Å². The van der Waals surface area contributed by atoms with Gasteiger partial charge in [0.05, 0.1) is 43.1 Å². The summed E-state index contributed by atoms with van der Waals surface area (Å²) in [7, 11) is 2.64. The van der Waals surface area contributed by atoms with Crippen LogP contribution in [0.25, 0.3) is 41.2 Å². The first-order valence-corrected chi connectivity index (χ1v) is 23.4. The molecule has 5 aromatic rings. The smallest absolute Gasteiger partial charge is 0.407 e. The van der Waals surface area contributed by atoms with Gasteiger partial charge in [-0.25, -0.2) is 14.6 Å². The lowest BCUT2D eigenvalue weighted by Gasteiger charge is -2.34. The normalized spacial score (nSPS) is 21.1. The van der Waals surface area contributed by atoms with E-state index in [1.807, 2.05) is 22.2 Å². The minimum Gasteiger partial charge on any atom is -0.453 e. The second kappa shape index (κ2) is 18.0. The van der Waals surface area contributed by atoms with Crippen LogP contribution in [0.2, 0.25) is 0 Å².